The zero-order valence-electron chi connectivity index (χ0n) is 18.1. The Morgan fingerprint density at radius 1 is 1.03 bits per heavy atom. The van der Waals surface area contributed by atoms with Crippen LogP contribution in [0.25, 0.3) is 0 Å². The third-order valence-electron chi connectivity index (χ3n) is 5.24. The second-order valence-corrected chi connectivity index (χ2v) is 9.84. The van der Waals surface area contributed by atoms with E-state index in [2.05, 4.69) is 10.6 Å². The average molecular weight is 460 g/mol. The number of rotatable bonds is 8. The Morgan fingerprint density at radius 2 is 1.69 bits per heavy atom. The molecule has 0 unspecified atom stereocenters. The van der Waals surface area contributed by atoms with Crippen molar-refractivity contribution >= 4 is 27.5 Å². The molecular weight excluding hydrogens is 430 g/mol. The first-order chi connectivity index (χ1) is 15.3. The number of nitrogens with zero attached hydrogens (tertiary/aromatic N) is 1. The summed E-state index contributed by atoms with van der Waals surface area (Å²) in [7, 11) is -3.23. The van der Waals surface area contributed by atoms with E-state index < -0.39 is 9.84 Å². The van der Waals surface area contributed by atoms with Gasteiger partial charge in [-0.3, -0.25) is 4.79 Å². The summed E-state index contributed by atoms with van der Waals surface area (Å²) >= 11 is 0. The van der Waals surface area contributed by atoms with Gasteiger partial charge in [0.2, 0.25) is 5.91 Å². The van der Waals surface area contributed by atoms with Gasteiger partial charge in [-0.15, -0.1) is 0 Å². The summed E-state index contributed by atoms with van der Waals surface area (Å²) in [5, 5.41) is 5.91. The largest absolute Gasteiger partial charge is 0.494 e. The zero-order chi connectivity index (χ0) is 23.0. The van der Waals surface area contributed by atoms with Crippen LogP contribution in [-0.2, 0) is 14.6 Å². The van der Waals surface area contributed by atoms with E-state index in [1.54, 1.807) is 17.0 Å². The van der Waals surface area contributed by atoms with Crippen molar-refractivity contribution in [3.63, 3.8) is 0 Å². The van der Waals surface area contributed by atoms with Crippen molar-refractivity contribution in [1.29, 1.82) is 0 Å². The van der Waals surface area contributed by atoms with Gasteiger partial charge in [0.05, 0.1) is 11.5 Å². The molecule has 1 aliphatic rings. The fourth-order valence-corrected chi connectivity index (χ4v) is 4.09. The second kappa shape index (κ2) is 11.0. The molecule has 0 spiro atoms. The molecule has 1 fully saturated rings. The molecule has 3 amide bonds. The first-order valence-electron chi connectivity index (χ1n) is 10.6. The predicted molar refractivity (Wildman–Crippen MR) is 122 cm³/mol. The Morgan fingerprint density at radius 3 is 2.31 bits per heavy atom. The van der Waals surface area contributed by atoms with Crippen LogP contribution in [0, 0.1) is 0 Å². The van der Waals surface area contributed by atoms with Crippen LogP contribution in [0.4, 0.5) is 10.5 Å². The number of likely N-dealkylation sites (tertiary alicyclic amines) is 1. The van der Waals surface area contributed by atoms with Gasteiger partial charge in [0.25, 0.3) is 0 Å². The Hall–Kier alpha value is -3.07. The molecule has 9 heteroatoms. The van der Waals surface area contributed by atoms with Gasteiger partial charge in [-0.1, -0.05) is 18.2 Å². The molecule has 8 nitrogen and oxygen atoms in total. The van der Waals surface area contributed by atoms with Crippen molar-refractivity contribution in [2.75, 3.05) is 31.3 Å². The number of benzene rings is 2. The van der Waals surface area contributed by atoms with E-state index in [1.807, 2.05) is 30.3 Å². The van der Waals surface area contributed by atoms with Crippen molar-refractivity contribution in [1.82, 2.24) is 10.2 Å². The highest BCUT2D eigenvalue weighted by atomic mass is 32.2. The van der Waals surface area contributed by atoms with Crippen LogP contribution < -0.4 is 15.4 Å². The molecular formula is C23H29N3O5S. The van der Waals surface area contributed by atoms with Crippen LogP contribution in [0.5, 0.6) is 5.75 Å². The Bertz CT molecular complexity index is 1000. The summed E-state index contributed by atoms with van der Waals surface area (Å²) < 4.78 is 28.5. The first kappa shape index (κ1) is 23.6. The Balaban J connectivity index is 1.31. The minimum atomic E-state index is -3.23. The molecule has 2 N–H and O–H groups in total. The highest BCUT2D eigenvalue weighted by molar-refractivity contribution is 7.90. The standard InChI is InChI=1S/C23H29N3O5S/c1-32(29,30)21-11-9-20(10-12-21)31-17-5-8-22(27)24-19-13-15-26(16-14-19)23(28)25-18-6-3-2-4-7-18/h2-4,6-7,9-12,19H,5,8,13-17H2,1H3,(H,24,27)(H,25,28). The lowest BCUT2D eigenvalue weighted by molar-refractivity contribution is -0.122. The van der Waals surface area contributed by atoms with Gasteiger partial charge < -0.3 is 20.3 Å². The molecule has 0 bridgehead atoms. The van der Waals surface area contributed by atoms with E-state index in [0.29, 0.717) is 38.3 Å². The minimum absolute atomic E-state index is 0.0341. The summed E-state index contributed by atoms with van der Waals surface area (Å²) in [5.74, 6) is 0.534. The van der Waals surface area contributed by atoms with Crippen molar-refractivity contribution < 1.29 is 22.7 Å². The number of urea groups is 1. The summed E-state index contributed by atoms with van der Waals surface area (Å²) in [4.78, 5) is 26.6. The highest BCUT2D eigenvalue weighted by Crippen LogP contribution is 2.16. The van der Waals surface area contributed by atoms with E-state index >= 15 is 0 Å². The number of piperidine rings is 1. The maximum Gasteiger partial charge on any atom is 0.321 e. The number of sulfone groups is 1. The Kier molecular flexibility index (Phi) is 8.10. The van der Waals surface area contributed by atoms with Gasteiger partial charge in [0, 0.05) is 37.5 Å². The van der Waals surface area contributed by atoms with Gasteiger partial charge in [-0.05, 0) is 55.7 Å². The molecule has 0 atom stereocenters. The van der Waals surface area contributed by atoms with Gasteiger partial charge in [-0.2, -0.15) is 0 Å². The summed E-state index contributed by atoms with van der Waals surface area (Å²) in [6.45, 7) is 1.55. The normalized spacial score (nSPS) is 14.6. The predicted octanol–water partition coefficient (Wildman–Crippen LogP) is 3.06. The highest BCUT2D eigenvalue weighted by Gasteiger charge is 2.23. The molecule has 1 heterocycles. The topological polar surface area (TPSA) is 105 Å². The van der Waals surface area contributed by atoms with Crippen LogP contribution >= 0.6 is 0 Å². The van der Waals surface area contributed by atoms with E-state index in [9.17, 15) is 18.0 Å². The number of carbonyl (C=O) groups excluding carboxylic acids is 2. The van der Waals surface area contributed by atoms with Crippen molar-refractivity contribution in [2.45, 2.75) is 36.6 Å². The number of carbonyl (C=O) groups is 2. The number of ether oxygens (including phenoxy) is 1. The summed E-state index contributed by atoms with van der Waals surface area (Å²) in [6.07, 6.45) is 3.49. The molecule has 1 aliphatic heterocycles. The van der Waals surface area contributed by atoms with E-state index in [0.717, 1.165) is 24.8 Å². The number of anilines is 1. The van der Waals surface area contributed by atoms with Crippen LogP contribution in [-0.4, -0.2) is 57.3 Å². The van der Waals surface area contributed by atoms with Gasteiger partial charge in [-0.25, -0.2) is 13.2 Å². The first-order valence-corrected chi connectivity index (χ1v) is 12.5. The number of hydrogen-bond acceptors (Lipinski definition) is 5. The quantitative estimate of drug-likeness (QED) is 0.591. The van der Waals surface area contributed by atoms with E-state index in [4.69, 9.17) is 4.74 Å². The molecule has 0 aliphatic carbocycles. The molecule has 32 heavy (non-hydrogen) atoms. The monoisotopic (exact) mass is 459 g/mol. The zero-order valence-corrected chi connectivity index (χ0v) is 18.9. The van der Waals surface area contributed by atoms with Gasteiger partial charge >= 0.3 is 6.03 Å². The van der Waals surface area contributed by atoms with Crippen LogP contribution in [0.1, 0.15) is 25.7 Å². The van der Waals surface area contributed by atoms with Crippen LogP contribution in [0.15, 0.2) is 59.5 Å². The van der Waals surface area contributed by atoms with Crippen LogP contribution in [0.3, 0.4) is 0 Å². The molecule has 0 radical (unpaired) electrons. The molecule has 172 valence electrons. The fraction of sp³-hybridized carbons (Fsp3) is 0.391. The average Bonchev–Trinajstić information content (AvgIpc) is 2.77. The molecule has 3 rings (SSSR count). The lowest BCUT2D eigenvalue weighted by Crippen LogP contribution is -2.47. The van der Waals surface area contributed by atoms with Crippen LogP contribution in [0.2, 0.25) is 0 Å². The molecule has 1 saturated heterocycles. The number of nitrogens with one attached hydrogen (secondary N) is 2. The minimum Gasteiger partial charge on any atom is -0.494 e. The number of para-hydroxylation sites is 1. The van der Waals surface area contributed by atoms with E-state index in [1.165, 1.54) is 12.1 Å². The summed E-state index contributed by atoms with van der Waals surface area (Å²) in [5.41, 5.74) is 0.765. The lowest BCUT2D eigenvalue weighted by Gasteiger charge is -2.32. The third kappa shape index (κ3) is 7.26. The maximum atomic E-state index is 12.3. The van der Waals surface area contributed by atoms with Gasteiger partial charge in [0.1, 0.15) is 5.75 Å². The van der Waals surface area contributed by atoms with Crippen molar-refractivity contribution in [2.24, 2.45) is 0 Å². The lowest BCUT2D eigenvalue weighted by atomic mass is 10.1. The second-order valence-electron chi connectivity index (χ2n) is 7.82. The number of hydrogen-bond donors (Lipinski definition) is 2. The fourth-order valence-electron chi connectivity index (χ4n) is 3.46. The Labute approximate surface area is 188 Å². The smallest absolute Gasteiger partial charge is 0.321 e. The van der Waals surface area contributed by atoms with Crippen molar-refractivity contribution in [3.05, 3.63) is 54.6 Å². The maximum absolute atomic E-state index is 12.3. The third-order valence-corrected chi connectivity index (χ3v) is 6.37. The van der Waals surface area contributed by atoms with Gasteiger partial charge in [0.15, 0.2) is 9.84 Å². The molecule has 0 aromatic heterocycles. The summed E-state index contributed by atoms with van der Waals surface area (Å²) in [6, 6.07) is 15.5. The van der Waals surface area contributed by atoms with E-state index in [-0.39, 0.29) is 22.9 Å². The molecule has 2 aromatic carbocycles. The SMILES string of the molecule is CS(=O)(=O)c1ccc(OCCCC(=O)NC2CCN(C(=O)Nc3ccccc3)CC2)cc1. The molecule has 2 aromatic rings. The number of amides is 3. The van der Waals surface area contributed by atoms with Crippen molar-refractivity contribution in [3.8, 4) is 5.75 Å². The molecule has 0 saturated carbocycles.